The van der Waals surface area contributed by atoms with Gasteiger partial charge in [-0.3, -0.25) is 0 Å². The topological polar surface area (TPSA) is 3.24 Å². The molecular weight excluding hydrogens is 831 g/mol. The molecule has 0 amide bonds. The summed E-state index contributed by atoms with van der Waals surface area (Å²) in [5, 5.41) is 7.46. The maximum atomic E-state index is 2.43. The Morgan fingerprint density at radius 2 is 0.638 bits per heavy atom. The van der Waals surface area contributed by atoms with Crippen LogP contribution in [0.1, 0.15) is 44.5 Å². The number of nitrogens with zero attached hydrogens (tertiary/aromatic N) is 1. The zero-order chi connectivity index (χ0) is 45.3. The molecule has 0 atom stereocenters. The minimum atomic E-state index is -0.541. The van der Waals surface area contributed by atoms with Crippen LogP contribution in [-0.2, 0) is 10.8 Å². The van der Waals surface area contributed by atoms with Crippen LogP contribution in [0.5, 0.6) is 0 Å². The highest BCUT2D eigenvalue weighted by molar-refractivity contribution is 6.09. The van der Waals surface area contributed by atoms with Gasteiger partial charge in [-0.25, -0.2) is 0 Å². The van der Waals surface area contributed by atoms with E-state index in [1.54, 1.807) is 0 Å². The minimum Gasteiger partial charge on any atom is -0.310 e. The number of anilines is 3. The van der Waals surface area contributed by atoms with Crippen molar-refractivity contribution in [2.75, 3.05) is 4.90 Å². The Hall–Kier alpha value is -8.78. The van der Waals surface area contributed by atoms with E-state index in [2.05, 4.69) is 266 Å². The molecular formula is C68H43N. The van der Waals surface area contributed by atoms with Crippen molar-refractivity contribution in [3.63, 3.8) is 0 Å². The molecule has 0 N–H and O–H groups in total. The number of fused-ring (bicyclic) bond motifs is 20. The van der Waals surface area contributed by atoms with E-state index in [1.807, 2.05) is 0 Å². The van der Waals surface area contributed by atoms with Crippen LogP contribution >= 0.6 is 0 Å². The molecule has 0 unspecified atom stereocenters. The molecule has 0 saturated heterocycles. The van der Waals surface area contributed by atoms with E-state index in [4.69, 9.17) is 0 Å². The molecule has 69 heavy (non-hydrogen) atoms. The first-order valence-corrected chi connectivity index (χ1v) is 24.2. The summed E-state index contributed by atoms with van der Waals surface area (Å²) in [5.41, 5.74) is 20.8. The predicted molar refractivity (Wildman–Crippen MR) is 287 cm³/mol. The first kappa shape index (κ1) is 38.3. The minimum absolute atomic E-state index is 0.466. The molecule has 15 rings (SSSR count). The molecule has 0 saturated carbocycles. The van der Waals surface area contributed by atoms with E-state index >= 15 is 0 Å². The third-order valence-corrected chi connectivity index (χ3v) is 15.9. The molecule has 12 aromatic rings. The number of hydrogen-bond donors (Lipinski definition) is 0. The standard InChI is InChI=1S/C68H43N/c1-2-18-47-42-50(39-34-44(47)16-1)69(51-40-41-53-48(43-51)33-32-45-17-3-4-19-52(45)53)49-37-35-46(36-38-49)54-23-15-31-65-66(54)57-22-7-10-26-60(57)68(65)63-29-13-11-27-61(63)67(62-28-12-14-30-64(62)68)58-24-8-5-20-55(58)56-21-6-9-25-59(56)67/h1-43H. The summed E-state index contributed by atoms with van der Waals surface area (Å²) in [6, 6.07) is 98.1. The molecule has 0 fully saturated rings. The summed E-state index contributed by atoms with van der Waals surface area (Å²) in [5.74, 6) is 0. The summed E-state index contributed by atoms with van der Waals surface area (Å²) in [7, 11) is 0. The maximum absolute atomic E-state index is 2.43. The fraction of sp³-hybridized carbons (Fsp3) is 0.0294. The van der Waals surface area contributed by atoms with Gasteiger partial charge in [-0.2, -0.15) is 0 Å². The molecule has 2 spiro atoms. The highest BCUT2D eigenvalue weighted by atomic mass is 15.1. The van der Waals surface area contributed by atoms with Crippen LogP contribution in [-0.4, -0.2) is 0 Å². The Labute approximate surface area is 401 Å². The zero-order valence-electron chi connectivity index (χ0n) is 37.8. The second-order valence-corrected chi connectivity index (χ2v) is 19.1. The Kier molecular flexibility index (Phi) is 7.98. The van der Waals surface area contributed by atoms with Gasteiger partial charge in [0.25, 0.3) is 0 Å². The highest BCUT2D eigenvalue weighted by Gasteiger charge is 2.59. The second kappa shape index (κ2) is 14.4. The van der Waals surface area contributed by atoms with E-state index in [9.17, 15) is 0 Å². The van der Waals surface area contributed by atoms with Gasteiger partial charge in [-0.1, -0.05) is 224 Å². The van der Waals surface area contributed by atoms with Gasteiger partial charge in [0.05, 0.1) is 10.8 Å². The molecule has 320 valence electrons. The monoisotopic (exact) mass is 873 g/mol. The van der Waals surface area contributed by atoms with Crippen molar-refractivity contribution >= 4 is 49.4 Å². The lowest BCUT2D eigenvalue weighted by atomic mass is 9.52. The average Bonchev–Trinajstić information content (AvgIpc) is 3.89. The second-order valence-electron chi connectivity index (χ2n) is 19.1. The summed E-state index contributed by atoms with van der Waals surface area (Å²) in [4.78, 5) is 2.41. The van der Waals surface area contributed by atoms with Gasteiger partial charge >= 0.3 is 0 Å². The lowest BCUT2D eigenvalue weighted by molar-refractivity contribution is 0.633. The van der Waals surface area contributed by atoms with Crippen LogP contribution in [0, 0.1) is 0 Å². The third-order valence-electron chi connectivity index (χ3n) is 15.9. The Morgan fingerprint density at radius 1 is 0.232 bits per heavy atom. The lowest BCUT2D eigenvalue weighted by Gasteiger charge is -2.48. The molecule has 1 nitrogen and oxygen atoms in total. The number of hydrogen-bond acceptors (Lipinski definition) is 1. The highest BCUT2D eigenvalue weighted by Crippen LogP contribution is 2.68. The SMILES string of the molecule is c1ccc2c(c1)-c1ccccc1C21c2ccccc2C2(c3ccccc3-c3c(-c4ccc(N(c5ccc6ccccc6c5)c5ccc6c(ccc7ccccc76)c5)cc4)cccc32)c2ccccc21. The Balaban J connectivity index is 0.925. The lowest BCUT2D eigenvalue weighted by Crippen LogP contribution is -2.43. The van der Waals surface area contributed by atoms with Crippen molar-refractivity contribution in [1.82, 2.24) is 0 Å². The van der Waals surface area contributed by atoms with Crippen molar-refractivity contribution in [1.29, 1.82) is 0 Å². The van der Waals surface area contributed by atoms with Gasteiger partial charge in [0.15, 0.2) is 0 Å². The first-order chi connectivity index (χ1) is 34.2. The van der Waals surface area contributed by atoms with Gasteiger partial charge < -0.3 is 4.90 Å². The molecule has 0 bridgehead atoms. The first-order valence-electron chi connectivity index (χ1n) is 24.2. The summed E-state index contributed by atoms with van der Waals surface area (Å²) >= 11 is 0. The normalized spacial score (nSPS) is 14.0. The number of benzene rings is 12. The quantitative estimate of drug-likeness (QED) is 0.159. The average molecular weight is 874 g/mol. The van der Waals surface area contributed by atoms with Gasteiger partial charge in [-0.05, 0) is 147 Å². The van der Waals surface area contributed by atoms with Crippen molar-refractivity contribution < 1.29 is 0 Å². The summed E-state index contributed by atoms with van der Waals surface area (Å²) < 4.78 is 0. The summed E-state index contributed by atoms with van der Waals surface area (Å²) in [6.07, 6.45) is 0. The van der Waals surface area contributed by atoms with Crippen LogP contribution in [0.2, 0.25) is 0 Å². The van der Waals surface area contributed by atoms with Crippen LogP contribution in [0.4, 0.5) is 17.1 Å². The fourth-order valence-corrected chi connectivity index (χ4v) is 13.2. The molecule has 0 heterocycles. The van der Waals surface area contributed by atoms with Crippen molar-refractivity contribution in [2.45, 2.75) is 10.8 Å². The van der Waals surface area contributed by atoms with Crippen LogP contribution < -0.4 is 4.90 Å². The largest absolute Gasteiger partial charge is 0.310 e. The van der Waals surface area contributed by atoms with E-state index in [0.29, 0.717) is 0 Å². The van der Waals surface area contributed by atoms with Gasteiger partial charge in [0.1, 0.15) is 0 Å². The third kappa shape index (κ3) is 5.09. The molecule has 3 aliphatic carbocycles. The van der Waals surface area contributed by atoms with Crippen LogP contribution in [0.15, 0.2) is 261 Å². The molecule has 0 radical (unpaired) electrons. The zero-order valence-corrected chi connectivity index (χ0v) is 37.8. The molecule has 0 aliphatic heterocycles. The fourth-order valence-electron chi connectivity index (χ4n) is 13.2. The van der Waals surface area contributed by atoms with Gasteiger partial charge in [-0.15, -0.1) is 0 Å². The van der Waals surface area contributed by atoms with Crippen molar-refractivity contribution in [2.24, 2.45) is 0 Å². The number of rotatable bonds is 4. The molecule has 12 aromatic carbocycles. The van der Waals surface area contributed by atoms with Gasteiger partial charge in [0.2, 0.25) is 0 Å². The molecule has 0 aromatic heterocycles. The smallest absolute Gasteiger partial charge is 0.0720 e. The van der Waals surface area contributed by atoms with Crippen LogP contribution in [0.25, 0.3) is 65.7 Å². The van der Waals surface area contributed by atoms with E-state index < -0.39 is 10.8 Å². The summed E-state index contributed by atoms with van der Waals surface area (Å²) in [6.45, 7) is 0. The van der Waals surface area contributed by atoms with E-state index in [1.165, 1.54) is 110 Å². The van der Waals surface area contributed by atoms with Crippen molar-refractivity contribution in [3.05, 3.63) is 305 Å². The predicted octanol–water partition coefficient (Wildman–Crippen LogP) is 17.3. The maximum Gasteiger partial charge on any atom is 0.0720 e. The van der Waals surface area contributed by atoms with E-state index in [0.717, 1.165) is 17.1 Å². The Bertz CT molecular complexity index is 4000. The van der Waals surface area contributed by atoms with Gasteiger partial charge in [0, 0.05) is 17.1 Å². The van der Waals surface area contributed by atoms with E-state index in [-0.39, 0.29) is 0 Å². The molecule has 3 aliphatic rings. The Morgan fingerprint density at radius 3 is 1.29 bits per heavy atom. The molecule has 1 heteroatoms. The van der Waals surface area contributed by atoms with Crippen LogP contribution in [0.3, 0.4) is 0 Å². The van der Waals surface area contributed by atoms with Crippen molar-refractivity contribution in [3.8, 4) is 33.4 Å².